The molecule has 0 unspecified atom stereocenters. The molecule has 4 rings (SSSR count). The number of thiazole rings is 2. The average molecular weight is 453 g/mol. The number of esters is 1. The van der Waals surface area contributed by atoms with E-state index >= 15 is 0 Å². The van der Waals surface area contributed by atoms with E-state index in [0.717, 1.165) is 22.1 Å². The Morgan fingerprint density at radius 2 is 1.97 bits per heavy atom. The number of aromatic nitrogens is 3. The lowest BCUT2D eigenvalue weighted by Gasteiger charge is -2.06. The summed E-state index contributed by atoms with van der Waals surface area (Å²) in [6.07, 6.45) is 1.72. The van der Waals surface area contributed by atoms with Gasteiger partial charge in [-0.2, -0.15) is 0 Å². The molecule has 0 spiro atoms. The molecule has 3 heterocycles. The van der Waals surface area contributed by atoms with Crippen LogP contribution < -0.4 is 5.32 Å². The van der Waals surface area contributed by atoms with Crippen LogP contribution in [0.25, 0.3) is 5.13 Å². The molecule has 0 aliphatic rings. The lowest BCUT2D eigenvalue weighted by atomic mass is 10.1. The number of hydrogen-bond acceptors (Lipinski definition) is 8. The summed E-state index contributed by atoms with van der Waals surface area (Å²) in [5, 5.41) is 8.10. The Morgan fingerprint density at radius 3 is 2.71 bits per heavy atom. The third-order valence-corrected chi connectivity index (χ3v) is 6.23. The lowest BCUT2D eigenvalue weighted by Crippen LogP contribution is -2.15. The monoisotopic (exact) mass is 452 g/mol. The average Bonchev–Trinajstić information content (AvgIpc) is 3.52. The number of rotatable bonds is 8. The van der Waals surface area contributed by atoms with Crippen molar-refractivity contribution in [2.45, 2.75) is 20.4 Å². The number of hydrogen-bond donors (Lipinski definition) is 1. The minimum atomic E-state index is -0.619. The molecule has 1 aromatic carbocycles. The van der Waals surface area contributed by atoms with Crippen molar-refractivity contribution in [3.8, 4) is 5.13 Å². The Bertz CT molecular complexity index is 1200. The second kappa shape index (κ2) is 9.23. The fraction of sp³-hybridized carbons (Fsp3) is 0.182. The summed E-state index contributed by atoms with van der Waals surface area (Å²) in [6.45, 7) is 4.03. The normalized spacial score (nSPS) is 10.8. The van der Waals surface area contributed by atoms with Crippen LogP contribution in [0, 0.1) is 13.8 Å². The number of nitrogens with zero attached hydrogens (tertiary/aromatic N) is 3. The van der Waals surface area contributed by atoms with Crippen LogP contribution in [-0.4, -0.2) is 32.9 Å². The molecule has 1 N–H and O–H groups in total. The van der Waals surface area contributed by atoms with Crippen molar-refractivity contribution in [3.05, 3.63) is 81.6 Å². The van der Waals surface area contributed by atoms with E-state index in [1.54, 1.807) is 17.6 Å². The van der Waals surface area contributed by atoms with Gasteiger partial charge in [0.1, 0.15) is 0 Å². The highest BCUT2D eigenvalue weighted by Crippen LogP contribution is 2.23. The van der Waals surface area contributed by atoms with Crippen LogP contribution in [0.1, 0.15) is 37.8 Å². The maximum absolute atomic E-state index is 12.7. The van der Waals surface area contributed by atoms with Gasteiger partial charge in [0.2, 0.25) is 5.78 Å². The molecule has 9 heteroatoms. The molecule has 158 valence electrons. The number of ketones is 1. The molecule has 0 radical (unpaired) electrons. The SMILES string of the molecule is Cc1cc(C(=O)COC(=O)c2csc(NCc3ccccc3)n2)c(C)n1-c1nccs1. The summed E-state index contributed by atoms with van der Waals surface area (Å²) in [5.41, 5.74) is 3.48. The van der Waals surface area contributed by atoms with Gasteiger partial charge >= 0.3 is 5.97 Å². The molecule has 31 heavy (non-hydrogen) atoms. The van der Waals surface area contributed by atoms with E-state index in [4.69, 9.17) is 4.74 Å². The van der Waals surface area contributed by atoms with E-state index < -0.39 is 5.97 Å². The van der Waals surface area contributed by atoms with E-state index in [9.17, 15) is 9.59 Å². The van der Waals surface area contributed by atoms with Crippen LogP contribution >= 0.6 is 22.7 Å². The van der Waals surface area contributed by atoms with Crippen molar-refractivity contribution in [2.75, 3.05) is 11.9 Å². The number of carbonyl (C=O) groups excluding carboxylic acids is 2. The highest BCUT2D eigenvalue weighted by Gasteiger charge is 2.20. The molecule has 0 saturated carbocycles. The molecular weight excluding hydrogens is 432 g/mol. The molecule has 0 saturated heterocycles. The molecule has 0 bridgehead atoms. The first-order valence-corrected chi connectivity index (χ1v) is 11.3. The fourth-order valence-electron chi connectivity index (χ4n) is 3.17. The molecule has 0 fully saturated rings. The lowest BCUT2D eigenvalue weighted by molar-refractivity contribution is 0.0469. The largest absolute Gasteiger partial charge is 0.453 e. The number of nitrogens with one attached hydrogen (secondary N) is 1. The molecule has 3 aromatic heterocycles. The van der Waals surface area contributed by atoms with Crippen molar-refractivity contribution >= 4 is 39.6 Å². The number of benzene rings is 1. The van der Waals surface area contributed by atoms with Gasteiger partial charge in [-0.25, -0.2) is 14.8 Å². The van der Waals surface area contributed by atoms with Crippen LogP contribution in [0.4, 0.5) is 5.13 Å². The zero-order chi connectivity index (χ0) is 21.8. The quantitative estimate of drug-likeness (QED) is 0.309. The first-order chi connectivity index (χ1) is 15.0. The van der Waals surface area contributed by atoms with Crippen LogP contribution in [0.3, 0.4) is 0 Å². The summed E-state index contributed by atoms with van der Waals surface area (Å²) in [5.74, 6) is -0.881. The molecule has 7 nitrogen and oxygen atoms in total. The van der Waals surface area contributed by atoms with E-state index in [1.165, 1.54) is 22.7 Å². The summed E-state index contributed by atoms with van der Waals surface area (Å²) in [6, 6.07) is 11.7. The number of ether oxygens (including phenoxy) is 1. The Labute approximate surface area is 187 Å². The van der Waals surface area contributed by atoms with Crippen molar-refractivity contribution in [3.63, 3.8) is 0 Å². The van der Waals surface area contributed by atoms with Gasteiger partial charge in [-0.1, -0.05) is 30.3 Å². The Balaban J connectivity index is 1.35. The second-order valence-corrected chi connectivity index (χ2v) is 8.54. The maximum atomic E-state index is 12.7. The number of aryl methyl sites for hydroxylation is 1. The fourth-order valence-corrected chi connectivity index (χ4v) is 4.60. The predicted molar refractivity (Wildman–Crippen MR) is 121 cm³/mol. The van der Waals surface area contributed by atoms with Crippen LogP contribution in [0.2, 0.25) is 0 Å². The standard InChI is InChI=1S/C22H20N4O3S2/c1-14-10-17(15(2)26(14)22-23-8-9-30-22)19(27)12-29-20(28)18-13-31-21(25-18)24-11-16-6-4-3-5-7-16/h3-10,13H,11-12H2,1-2H3,(H,24,25). The number of carbonyl (C=O) groups is 2. The highest BCUT2D eigenvalue weighted by molar-refractivity contribution is 7.13. The van der Waals surface area contributed by atoms with Crippen LogP contribution in [0.15, 0.2) is 53.4 Å². The van der Waals surface area contributed by atoms with Gasteiger partial charge < -0.3 is 10.1 Å². The second-order valence-electron chi connectivity index (χ2n) is 6.81. The summed E-state index contributed by atoms with van der Waals surface area (Å²) < 4.78 is 7.14. The van der Waals surface area contributed by atoms with Gasteiger partial charge in [0.15, 0.2) is 22.6 Å². The first-order valence-electron chi connectivity index (χ1n) is 9.55. The van der Waals surface area contributed by atoms with Gasteiger partial charge in [-0.15, -0.1) is 22.7 Å². The van der Waals surface area contributed by atoms with Crippen molar-refractivity contribution in [1.82, 2.24) is 14.5 Å². The molecule has 0 aliphatic heterocycles. The zero-order valence-corrected chi connectivity index (χ0v) is 18.6. The van der Waals surface area contributed by atoms with Crippen molar-refractivity contribution in [2.24, 2.45) is 0 Å². The number of Topliss-reactive ketones (excluding diaryl/α,β-unsaturated/α-hetero) is 1. The highest BCUT2D eigenvalue weighted by atomic mass is 32.1. The first kappa shape index (κ1) is 21.0. The molecule has 0 aliphatic carbocycles. The topological polar surface area (TPSA) is 86.1 Å². The summed E-state index contributed by atoms with van der Waals surface area (Å²) in [4.78, 5) is 33.6. The van der Waals surface area contributed by atoms with E-state index in [-0.39, 0.29) is 18.1 Å². The van der Waals surface area contributed by atoms with E-state index in [1.807, 2.05) is 54.1 Å². The minimum absolute atomic E-state index is 0.182. The Hall–Kier alpha value is -3.30. The Morgan fingerprint density at radius 1 is 1.16 bits per heavy atom. The van der Waals surface area contributed by atoms with Crippen LogP contribution in [0.5, 0.6) is 0 Å². The van der Waals surface area contributed by atoms with Gasteiger partial charge in [-0.05, 0) is 25.5 Å². The van der Waals surface area contributed by atoms with Crippen LogP contribution in [-0.2, 0) is 11.3 Å². The molecule has 4 aromatic rings. The smallest absolute Gasteiger partial charge is 0.358 e. The summed E-state index contributed by atoms with van der Waals surface area (Å²) >= 11 is 2.81. The van der Waals surface area contributed by atoms with Gasteiger partial charge in [-0.3, -0.25) is 9.36 Å². The van der Waals surface area contributed by atoms with Gasteiger partial charge in [0, 0.05) is 40.5 Å². The Kier molecular flexibility index (Phi) is 6.24. The minimum Gasteiger partial charge on any atom is -0.453 e. The maximum Gasteiger partial charge on any atom is 0.358 e. The van der Waals surface area contributed by atoms with Crippen molar-refractivity contribution < 1.29 is 14.3 Å². The van der Waals surface area contributed by atoms with Crippen molar-refractivity contribution in [1.29, 1.82) is 0 Å². The van der Waals surface area contributed by atoms with E-state index in [0.29, 0.717) is 17.2 Å². The third kappa shape index (κ3) is 4.73. The molecular formula is C22H20N4O3S2. The predicted octanol–water partition coefficient (Wildman–Crippen LogP) is 4.66. The third-order valence-electron chi connectivity index (χ3n) is 4.68. The van der Waals surface area contributed by atoms with Gasteiger partial charge in [0.05, 0.1) is 0 Å². The van der Waals surface area contributed by atoms with Gasteiger partial charge in [0.25, 0.3) is 0 Å². The molecule has 0 amide bonds. The number of anilines is 1. The zero-order valence-electron chi connectivity index (χ0n) is 17.0. The van der Waals surface area contributed by atoms with E-state index in [2.05, 4.69) is 15.3 Å². The molecule has 0 atom stereocenters. The summed E-state index contributed by atoms with van der Waals surface area (Å²) in [7, 11) is 0.